The maximum Gasteiger partial charge on any atom is 0.302 e. The average Bonchev–Trinajstić information content (AvgIpc) is 2.98. The first kappa shape index (κ1) is 19.4. The molecule has 0 aromatic rings. The highest BCUT2D eigenvalue weighted by atomic mass is 16.5. The zero-order valence-corrected chi connectivity index (χ0v) is 17.1. The molecule has 8 atom stereocenters. The highest BCUT2D eigenvalue weighted by Crippen LogP contribution is 2.66. The Balaban J connectivity index is 1.58. The minimum atomic E-state index is -0.261. The van der Waals surface area contributed by atoms with Crippen LogP contribution in [-0.2, 0) is 9.53 Å². The number of rotatable bonds is 3. The molecule has 4 nitrogen and oxygen atoms in total. The summed E-state index contributed by atoms with van der Waals surface area (Å²) < 4.78 is 5.53. The molecule has 152 valence electrons. The van der Waals surface area contributed by atoms with Gasteiger partial charge in [-0.3, -0.25) is 4.79 Å². The number of esters is 1. The first-order valence-electron chi connectivity index (χ1n) is 11.0. The van der Waals surface area contributed by atoms with Gasteiger partial charge in [0, 0.05) is 13.5 Å². The van der Waals surface area contributed by atoms with Gasteiger partial charge >= 0.3 is 5.97 Å². The molecule has 27 heavy (non-hydrogen) atoms. The Morgan fingerprint density at radius 1 is 1.30 bits per heavy atom. The summed E-state index contributed by atoms with van der Waals surface area (Å²) in [5.74, 6) is 1.71. The van der Waals surface area contributed by atoms with E-state index in [1.165, 1.54) is 13.3 Å². The Bertz CT molecular complexity index is 626. The van der Waals surface area contributed by atoms with Gasteiger partial charge in [0.2, 0.25) is 0 Å². The maximum atomic E-state index is 11.4. The summed E-state index contributed by atoms with van der Waals surface area (Å²) in [6, 6.07) is 0. The van der Waals surface area contributed by atoms with Crippen LogP contribution in [0.2, 0.25) is 0 Å². The van der Waals surface area contributed by atoms with Crippen LogP contribution in [0.5, 0.6) is 0 Å². The van der Waals surface area contributed by atoms with Gasteiger partial charge in [-0.25, -0.2) is 0 Å². The maximum absolute atomic E-state index is 11.4. The zero-order valence-electron chi connectivity index (χ0n) is 17.1. The Morgan fingerprint density at radius 3 is 2.74 bits per heavy atom. The van der Waals surface area contributed by atoms with Crippen LogP contribution in [0.3, 0.4) is 0 Å². The summed E-state index contributed by atoms with van der Waals surface area (Å²) in [4.78, 5) is 11.4. The van der Waals surface area contributed by atoms with E-state index in [4.69, 9.17) is 4.74 Å². The SMILES string of the molecule is CC(=O)OC1CC[C@@]2(CO)C(CC[C@H]3C4=CC[C@H](C(C)O)[C@@]4(C)CC[C@@H]32)C1. The van der Waals surface area contributed by atoms with Crippen LogP contribution in [0.25, 0.3) is 0 Å². The highest BCUT2D eigenvalue weighted by Gasteiger charge is 2.59. The quantitative estimate of drug-likeness (QED) is 0.580. The van der Waals surface area contributed by atoms with Gasteiger partial charge in [0.25, 0.3) is 0 Å². The smallest absolute Gasteiger partial charge is 0.302 e. The average molecular weight is 377 g/mol. The summed E-state index contributed by atoms with van der Waals surface area (Å²) in [6.07, 6.45) is 10.5. The van der Waals surface area contributed by atoms with Crippen LogP contribution in [-0.4, -0.2) is 35.0 Å². The fourth-order valence-corrected chi connectivity index (χ4v) is 7.76. The molecular weight excluding hydrogens is 340 g/mol. The van der Waals surface area contributed by atoms with E-state index >= 15 is 0 Å². The lowest BCUT2D eigenvalue weighted by atomic mass is 9.45. The molecule has 0 aromatic carbocycles. The molecule has 0 aliphatic heterocycles. The number of hydrogen-bond acceptors (Lipinski definition) is 4. The van der Waals surface area contributed by atoms with E-state index in [-0.39, 0.29) is 35.6 Å². The third-order valence-electron chi connectivity index (χ3n) is 9.00. The number of hydrogen-bond donors (Lipinski definition) is 2. The van der Waals surface area contributed by atoms with Crippen molar-refractivity contribution in [1.29, 1.82) is 0 Å². The largest absolute Gasteiger partial charge is 0.463 e. The summed E-state index contributed by atoms with van der Waals surface area (Å²) in [5, 5.41) is 20.9. The van der Waals surface area contributed by atoms with Crippen molar-refractivity contribution in [3.8, 4) is 0 Å². The van der Waals surface area contributed by atoms with E-state index < -0.39 is 0 Å². The van der Waals surface area contributed by atoms with Gasteiger partial charge < -0.3 is 14.9 Å². The first-order chi connectivity index (χ1) is 12.8. The van der Waals surface area contributed by atoms with Gasteiger partial charge in [0.05, 0.1) is 6.10 Å². The van der Waals surface area contributed by atoms with E-state index in [0.29, 0.717) is 23.7 Å². The Kier molecular flexibility index (Phi) is 4.95. The molecular formula is C23H36O4. The molecule has 0 bridgehead atoms. The lowest BCUT2D eigenvalue weighted by Gasteiger charge is -2.60. The van der Waals surface area contributed by atoms with Crippen molar-refractivity contribution in [3.05, 3.63) is 11.6 Å². The third kappa shape index (κ3) is 2.90. The van der Waals surface area contributed by atoms with E-state index in [1.807, 2.05) is 6.92 Å². The molecule has 4 aliphatic carbocycles. The molecule has 4 aliphatic rings. The number of allylic oxidation sites excluding steroid dienone is 2. The van der Waals surface area contributed by atoms with Gasteiger partial charge in [-0.2, -0.15) is 0 Å². The number of aliphatic hydroxyl groups excluding tert-OH is 2. The summed E-state index contributed by atoms with van der Waals surface area (Å²) >= 11 is 0. The minimum Gasteiger partial charge on any atom is -0.463 e. The van der Waals surface area contributed by atoms with Crippen LogP contribution in [0.15, 0.2) is 11.6 Å². The van der Waals surface area contributed by atoms with Gasteiger partial charge in [0.15, 0.2) is 0 Å². The molecule has 3 unspecified atom stereocenters. The van der Waals surface area contributed by atoms with E-state index in [0.717, 1.165) is 44.9 Å². The molecule has 4 rings (SSSR count). The molecule has 0 radical (unpaired) electrons. The molecule has 0 spiro atoms. The summed E-state index contributed by atoms with van der Waals surface area (Å²) in [7, 11) is 0. The second-order valence-corrected chi connectivity index (χ2v) is 10.1. The molecule has 4 heteroatoms. The zero-order chi connectivity index (χ0) is 19.4. The van der Waals surface area contributed by atoms with E-state index in [1.54, 1.807) is 5.57 Å². The molecule has 0 heterocycles. The lowest BCUT2D eigenvalue weighted by Crippen LogP contribution is -2.55. The molecule has 0 saturated heterocycles. The summed E-state index contributed by atoms with van der Waals surface area (Å²) in [5.41, 5.74) is 1.70. The normalized spacial score (nSPS) is 47.3. The van der Waals surface area contributed by atoms with Gasteiger partial charge in [-0.05, 0) is 92.8 Å². The van der Waals surface area contributed by atoms with E-state index in [2.05, 4.69) is 13.0 Å². The van der Waals surface area contributed by atoms with Crippen molar-refractivity contribution in [2.24, 2.45) is 34.5 Å². The number of fused-ring (bicyclic) bond motifs is 5. The molecule has 0 amide bonds. The van der Waals surface area contributed by atoms with Gasteiger partial charge in [-0.1, -0.05) is 18.6 Å². The van der Waals surface area contributed by atoms with Crippen LogP contribution >= 0.6 is 0 Å². The Hall–Kier alpha value is -0.870. The van der Waals surface area contributed by atoms with Crippen molar-refractivity contribution in [2.45, 2.75) is 84.3 Å². The Labute approximate surface area is 163 Å². The second kappa shape index (κ2) is 6.88. The molecule has 0 aromatic heterocycles. The second-order valence-electron chi connectivity index (χ2n) is 10.1. The van der Waals surface area contributed by atoms with Crippen LogP contribution in [0, 0.1) is 34.5 Å². The monoisotopic (exact) mass is 376 g/mol. The molecule has 3 saturated carbocycles. The van der Waals surface area contributed by atoms with Crippen molar-refractivity contribution in [1.82, 2.24) is 0 Å². The van der Waals surface area contributed by atoms with Crippen LogP contribution in [0.1, 0.15) is 72.1 Å². The summed E-state index contributed by atoms with van der Waals surface area (Å²) in [6.45, 7) is 6.07. The van der Waals surface area contributed by atoms with Crippen molar-refractivity contribution in [3.63, 3.8) is 0 Å². The Morgan fingerprint density at radius 2 is 2.07 bits per heavy atom. The fourth-order valence-electron chi connectivity index (χ4n) is 7.76. The molecule has 2 N–H and O–H groups in total. The van der Waals surface area contributed by atoms with E-state index in [9.17, 15) is 15.0 Å². The first-order valence-corrected chi connectivity index (χ1v) is 11.0. The fraction of sp³-hybridized carbons (Fsp3) is 0.870. The predicted molar refractivity (Wildman–Crippen MR) is 104 cm³/mol. The van der Waals surface area contributed by atoms with Crippen LogP contribution in [0.4, 0.5) is 0 Å². The number of carbonyl (C=O) groups excluding carboxylic acids is 1. The van der Waals surface area contributed by atoms with Crippen molar-refractivity contribution in [2.75, 3.05) is 6.61 Å². The number of carbonyl (C=O) groups is 1. The topological polar surface area (TPSA) is 66.8 Å². The van der Waals surface area contributed by atoms with Crippen LogP contribution < -0.4 is 0 Å². The minimum absolute atomic E-state index is 0.00927. The third-order valence-corrected chi connectivity index (χ3v) is 9.00. The number of aliphatic hydroxyl groups is 2. The predicted octanol–water partition coefficient (Wildman–Crippen LogP) is 3.85. The standard InChI is InChI=1S/C23H36O4/c1-14(25)19-6-7-20-18-5-4-16-12-17(27-15(2)26)8-11-23(16,13-24)21(18)9-10-22(19,20)3/h7,14,16-19,21,24-25H,4-6,8-13H2,1-3H3/t14?,16?,17?,18-,19+,21-,22+,23+/m0/s1. The van der Waals surface area contributed by atoms with Crippen molar-refractivity contribution < 1.29 is 19.7 Å². The van der Waals surface area contributed by atoms with Gasteiger partial charge in [-0.15, -0.1) is 0 Å². The van der Waals surface area contributed by atoms with Gasteiger partial charge in [0.1, 0.15) is 6.10 Å². The molecule has 3 fully saturated rings. The number of ether oxygens (including phenoxy) is 1. The highest BCUT2D eigenvalue weighted by molar-refractivity contribution is 5.66. The lowest BCUT2D eigenvalue weighted by molar-refractivity contribution is -0.160. The van der Waals surface area contributed by atoms with Crippen molar-refractivity contribution >= 4 is 5.97 Å².